The molecule has 0 aromatic heterocycles. The molecule has 1 aromatic rings. The lowest BCUT2D eigenvalue weighted by Crippen LogP contribution is -2.42. The van der Waals surface area contributed by atoms with E-state index in [0.717, 1.165) is 41.5 Å². The van der Waals surface area contributed by atoms with Gasteiger partial charge in [-0.2, -0.15) is 0 Å². The molecule has 3 rings (SSSR count). The fraction of sp³-hybridized carbons (Fsp3) is 0.625. The Morgan fingerprint density at radius 3 is 2.60 bits per heavy atom. The summed E-state index contributed by atoms with van der Waals surface area (Å²) in [5, 5.41) is 0.752. The van der Waals surface area contributed by atoms with Crippen LogP contribution in [0.15, 0.2) is 12.1 Å². The second-order valence-electron chi connectivity index (χ2n) is 6.05. The summed E-state index contributed by atoms with van der Waals surface area (Å²) in [5.41, 5.74) is 7.08. The highest BCUT2D eigenvalue weighted by molar-refractivity contribution is 6.31. The molecule has 3 nitrogen and oxygen atoms in total. The van der Waals surface area contributed by atoms with Gasteiger partial charge in [0.1, 0.15) is 0 Å². The predicted octanol–water partition coefficient (Wildman–Crippen LogP) is 3.52. The quantitative estimate of drug-likeness (QED) is 0.873. The molecular formula is C16H22ClNO2. The van der Waals surface area contributed by atoms with Gasteiger partial charge in [-0.15, -0.1) is 0 Å². The molecule has 0 radical (unpaired) electrons. The Bertz CT molecular complexity index is 490. The molecule has 2 fully saturated rings. The average molecular weight is 296 g/mol. The Morgan fingerprint density at radius 1 is 1.35 bits per heavy atom. The molecule has 20 heavy (non-hydrogen) atoms. The zero-order valence-electron chi connectivity index (χ0n) is 12.0. The molecule has 2 N–H and O–H groups in total. The van der Waals surface area contributed by atoms with Gasteiger partial charge < -0.3 is 15.2 Å². The van der Waals surface area contributed by atoms with Crippen LogP contribution in [-0.4, -0.2) is 20.3 Å². The number of ether oxygens (including phenoxy) is 2. The normalized spacial score (nSPS) is 20.4. The summed E-state index contributed by atoms with van der Waals surface area (Å²) in [4.78, 5) is 0. The number of hydrogen-bond acceptors (Lipinski definition) is 3. The van der Waals surface area contributed by atoms with Gasteiger partial charge in [0.15, 0.2) is 11.5 Å². The largest absolute Gasteiger partial charge is 0.493 e. The number of rotatable bonds is 6. The number of benzene rings is 1. The van der Waals surface area contributed by atoms with Crippen LogP contribution >= 0.6 is 11.6 Å². The standard InChI is InChI=1S/C16H22ClNO2/c1-19-13-6-5-12(17)14(16(10-18)7-2-8-16)15(13)20-9-11-3-4-11/h5-6,11H,2-4,7-10,18H2,1H3. The fourth-order valence-electron chi connectivity index (χ4n) is 2.98. The lowest BCUT2D eigenvalue weighted by molar-refractivity contribution is 0.225. The first kappa shape index (κ1) is 14.0. The highest BCUT2D eigenvalue weighted by atomic mass is 35.5. The SMILES string of the molecule is COc1ccc(Cl)c(C2(CN)CCC2)c1OCC1CC1. The molecule has 0 aliphatic heterocycles. The van der Waals surface area contributed by atoms with E-state index in [0.29, 0.717) is 12.5 Å². The van der Waals surface area contributed by atoms with Gasteiger partial charge in [0.05, 0.1) is 13.7 Å². The van der Waals surface area contributed by atoms with Gasteiger partial charge in [-0.25, -0.2) is 0 Å². The van der Waals surface area contributed by atoms with Crippen molar-refractivity contribution in [3.05, 3.63) is 22.7 Å². The highest BCUT2D eigenvalue weighted by Crippen LogP contribution is 2.52. The van der Waals surface area contributed by atoms with Crippen molar-refractivity contribution in [3.8, 4) is 11.5 Å². The molecule has 0 saturated heterocycles. The average Bonchev–Trinajstić information content (AvgIpc) is 3.22. The summed E-state index contributed by atoms with van der Waals surface area (Å²) in [6.45, 7) is 1.37. The Hall–Kier alpha value is -0.930. The van der Waals surface area contributed by atoms with E-state index in [4.69, 9.17) is 26.8 Å². The molecule has 0 atom stereocenters. The molecule has 1 aromatic carbocycles. The number of hydrogen-bond donors (Lipinski definition) is 1. The summed E-state index contributed by atoms with van der Waals surface area (Å²) in [5.74, 6) is 2.28. The van der Waals surface area contributed by atoms with Gasteiger partial charge in [-0.3, -0.25) is 0 Å². The number of halogens is 1. The molecule has 0 spiro atoms. The van der Waals surface area contributed by atoms with Crippen LogP contribution in [0.2, 0.25) is 5.02 Å². The second kappa shape index (κ2) is 5.45. The first-order chi connectivity index (χ1) is 9.70. The van der Waals surface area contributed by atoms with Gasteiger partial charge in [-0.1, -0.05) is 18.0 Å². The van der Waals surface area contributed by atoms with E-state index in [9.17, 15) is 0 Å². The van der Waals surface area contributed by atoms with Gasteiger partial charge in [0.2, 0.25) is 0 Å². The van der Waals surface area contributed by atoms with Crippen molar-refractivity contribution < 1.29 is 9.47 Å². The van der Waals surface area contributed by atoms with E-state index in [1.807, 2.05) is 12.1 Å². The smallest absolute Gasteiger partial charge is 0.166 e. The van der Waals surface area contributed by atoms with Crippen molar-refractivity contribution in [1.29, 1.82) is 0 Å². The van der Waals surface area contributed by atoms with Crippen LogP contribution in [0, 0.1) is 5.92 Å². The summed E-state index contributed by atoms with van der Waals surface area (Å²) < 4.78 is 11.6. The Labute approximate surface area is 125 Å². The molecule has 0 unspecified atom stereocenters. The maximum atomic E-state index is 6.47. The molecule has 110 valence electrons. The number of methoxy groups -OCH3 is 1. The topological polar surface area (TPSA) is 44.5 Å². The van der Waals surface area contributed by atoms with Crippen molar-refractivity contribution in [1.82, 2.24) is 0 Å². The van der Waals surface area contributed by atoms with Crippen molar-refractivity contribution >= 4 is 11.6 Å². The van der Waals surface area contributed by atoms with E-state index in [2.05, 4.69) is 0 Å². The van der Waals surface area contributed by atoms with Gasteiger partial charge in [-0.05, 0) is 43.7 Å². The third-order valence-electron chi connectivity index (χ3n) is 4.68. The Balaban J connectivity index is 1.99. The minimum Gasteiger partial charge on any atom is -0.493 e. The number of nitrogens with two attached hydrogens (primary N) is 1. The highest BCUT2D eigenvalue weighted by Gasteiger charge is 2.42. The third kappa shape index (κ3) is 2.38. The van der Waals surface area contributed by atoms with E-state index in [1.165, 1.54) is 19.3 Å². The van der Waals surface area contributed by atoms with Gasteiger partial charge in [0.25, 0.3) is 0 Å². The van der Waals surface area contributed by atoms with Crippen molar-refractivity contribution in [2.24, 2.45) is 11.7 Å². The maximum absolute atomic E-state index is 6.47. The molecule has 2 aliphatic rings. The van der Waals surface area contributed by atoms with Gasteiger partial charge in [0, 0.05) is 22.5 Å². The molecule has 2 saturated carbocycles. The van der Waals surface area contributed by atoms with Crippen LogP contribution < -0.4 is 15.2 Å². The van der Waals surface area contributed by atoms with Crippen LogP contribution in [0.5, 0.6) is 11.5 Å². The van der Waals surface area contributed by atoms with Crippen LogP contribution in [-0.2, 0) is 5.41 Å². The Morgan fingerprint density at radius 2 is 2.10 bits per heavy atom. The first-order valence-electron chi connectivity index (χ1n) is 7.40. The fourth-order valence-corrected chi connectivity index (χ4v) is 3.33. The van der Waals surface area contributed by atoms with E-state index in [-0.39, 0.29) is 5.41 Å². The molecule has 0 heterocycles. The summed E-state index contributed by atoms with van der Waals surface area (Å²) in [7, 11) is 1.67. The van der Waals surface area contributed by atoms with Crippen LogP contribution in [0.4, 0.5) is 0 Å². The van der Waals surface area contributed by atoms with Crippen LogP contribution in [0.25, 0.3) is 0 Å². The maximum Gasteiger partial charge on any atom is 0.166 e. The zero-order chi connectivity index (χ0) is 14.2. The van der Waals surface area contributed by atoms with E-state index in [1.54, 1.807) is 7.11 Å². The summed E-state index contributed by atoms with van der Waals surface area (Å²) in [6, 6.07) is 3.78. The predicted molar refractivity (Wildman–Crippen MR) is 80.8 cm³/mol. The molecular weight excluding hydrogens is 274 g/mol. The first-order valence-corrected chi connectivity index (χ1v) is 7.78. The van der Waals surface area contributed by atoms with Crippen molar-refractivity contribution in [2.45, 2.75) is 37.5 Å². The zero-order valence-corrected chi connectivity index (χ0v) is 12.7. The molecule has 0 bridgehead atoms. The van der Waals surface area contributed by atoms with E-state index >= 15 is 0 Å². The molecule has 2 aliphatic carbocycles. The minimum atomic E-state index is -0.0233. The monoisotopic (exact) mass is 295 g/mol. The minimum absolute atomic E-state index is 0.0233. The summed E-state index contributed by atoms with van der Waals surface area (Å²) in [6.07, 6.45) is 5.89. The lowest BCUT2D eigenvalue weighted by atomic mass is 9.64. The van der Waals surface area contributed by atoms with Crippen LogP contribution in [0.1, 0.15) is 37.7 Å². The van der Waals surface area contributed by atoms with Crippen molar-refractivity contribution in [2.75, 3.05) is 20.3 Å². The third-order valence-corrected chi connectivity index (χ3v) is 5.00. The van der Waals surface area contributed by atoms with Crippen molar-refractivity contribution in [3.63, 3.8) is 0 Å². The summed E-state index contributed by atoms with van der Waals surface area (Å²) >= 11 is 6.47. The molecule has 0 amide bonds. The molecule has 4 heteroatoms. The van der Waals surface area contributed by atoms with E-state index < -0.39 is 0 Å². The second-order valence-corrected chi connectivity index (χ2v) is 6.45. The Kier molecular flexibility index (Phi) is 3.83. The van der Waals surface area contributed by atoms with Gasteiger partial charge >= 0.3 is 0 Å². The lowest BCUT2D eigenvalue weighted by Gasteiger charge is -2.43. The van der Waals surface area contributed by atoms with Crippen LogP contribution in [0.3, 0.4) is 0 Å².